The van der Waals surface area contributed by atoms with E-state index in [4.69, 9.17) is 10.5 Å². The van der Waals surface area contributed by atoms with Crippen LogP contribution >= 0.6 is 43.6 Å². The van der Waals surface area contributed by atoms with E-state index in [1.807, 2.05) is 24.3 Å². The van der Waals surface area contributed by atoms with Crippen LogP contribution in [0.15, 0.2) is 50.2 Å². The molecule has 3 nitrogen and oxygen atoms in total. The molecular weight excluding hydrogens is 418 g/mol. The number of rotatable bonds is 4. The lowest BCUT2D eigenvalue weighted by molar-refractivity contribution is 0.0600. The molecule has 0 unspecified atom stereocenters. The van der Waals surface area contributed by atoms with Crippen molar-refractivity contribution in [2.24, 2.45) is 0 Å². The molecule has 2 rings (SSSR count). The molecular formula is C15H13Br2NO2S. The van der Waals surface area contributed by atoms with E-state index in [0.29, 0.717) is 5.56 Å². The van der Waals surface area contributed by atoms with Crippen molar-refractivity contribution in [1.29, 1.82) is 0 Å². The molecule has 0 aliphatic carbocycles. The summed E-state index contributed by atoms with van der Waals surface area (Å²) in [5.41, 5.74) is 8.10. The van der Waals surface area contributed by atoms with Gasteiger partial charge in [0.2, 0.25) is 0 Å². The van der Waals surface area contributed by atoms with Gasteiger partial charge >= 0.3 is 5.97 Å². The molecule has 0 bridgehead atoms. The molecule has 0 radical (unpaired) electrons. The van der Waals surface area contributed by atoms with Gasteiger partial charge in [0.05, 0.1) is 12.7 Å². The highest BCUT2D eigenvalue weighted by Crippen LogP contribution is 2.33. The second-order valence-electron chi connectivity index (χ2n) is 4.28. The molecule has 6 heteroatoms. The van der Waals surface area contributed by atoms with Gasteiger partial charge in [-0.3, -0.25) is 0 Å². The average Bonchev–Trinajstić information content (AvgIpc) is 2.46. The van der Waals surface area contributed by atoms with Crippen LogP contribution in [0.2, 0.25) is 0 Å². The van der Waals surface area contributed by atoms with Gasteiger partial charge in [-0.1, -0.05) is 22.0 Å². The van der Waals surface area contributed by atoms with Crippen molar-refractivity contribution in [3.63, 3.8) is 0 Å². The smallest absolute Gasteiger partial charge is 0.337 e. The summed E-state index contributed by atoms with van der Waals surface area (Å²) in [7, 11) is 1.37. The number of ether oxygens (including phenoxy) is 1. The van der Waals surface area contributed by atoms with Crippen molar-refractivity contribution in [2.75, 3.05) is 12.8 Å². The molecule has 0 fully saturated rings. The summed E-state index contributed by atoms with van der Waals surface area (Å²) in [6.45, 7) is 0. The maximum absolute atomic E-state index is 11.5. The summed E-state index contributed by atoms with van der Waals surface area (Å²) in [4.78, 5) is 12.6. The fraction of sp³-hybridized carbons (Fsp3) is 0.133. The van der Waals surface area contributed by atoms with Crippen molar-refractivity contribution in [3.05, 3.63) is 56.5 Å². The number of thioether (sulfide) groups is 1. The predicted molar refractivity (Wildman–Crippen MR) is 93.6 cm³/mol. The molecule has 110 valence electrons. The Hall–Kier alpha value is -0.980. The van der Waals surface area contributed by atoms with Gasteiger partial charge in [-0.05, 0) is 51.8 Å². The fourth-order valence-electron chi connectivity index (χ4n) is 1.70. The largest absolute Gasteiger partial charge is 0.465 e. The van der Waals surface area contributed by atoms with Gasteiger partial charge in [-0.15, -0.1) is 11.8 Å². The van der Waals surface area contributed by atoms with Crippen LogP contribution in [0, 0.1) is 0 Å². The molecule has 2 aromatic rings. The fourth-order valence-corrected chi connectivity index (χ4v) is 4.07. The van der Waals surface area contributed by atoms with Crippen LogP contribution in [0.3, 0.4) is 0 Å². The van der Waals surface area contributed by atoms with E-state index in [-0.39, 0.29) is 5.97 Å². The Kier molecular flexibility index (Phi) is 5.72. The number of hydrogen-bond donors (Lipinski definition) is 1. The quantitative estimate of drug-likeness (QED) is 0.427. The van der Waals surface area contributed by atoms with Crippen LogP contribution in [-0.4, -0.2) is 13.1 Å². The number of anilines is 1. The summed E-state index contributed by atoms with van der Waals surface area (Å²) in [5.74, 6) is 0.445. The number of hydrogen-bond acceptors (Lipinski definition) is 4. The number of nitrogen functional groups attached to an aromatic ring is 1. The van der Waals surface area contributed by atoms with Crippen molar-refractivity contribution >= 4 is 55.3 Å². The van der Waals surface area contributed by atoms with Gasteiger partial charge in [0.1, 0.15) is 0 Å². The van der Waals surface area contributed by atoms with Crippen LogP contribution in [0.25, 0.3) is 0 Å². The van der Waals surface area contributed by atoms with E-state index in [2.05, 4.69) is 31.9 Å². The summed E-state index contributed by atoms with van der Waals surface area (Å²) < 4.78 is 6.58. The van der Waals surface area contributed by atoms with Crippen molar-refractivity contribution < 1.29 is 9.53 Å². The molecule has 0 spiro atoms. The zero-order chi connectivity index (χ0) is 15.4. The predicted octanol–water partition coefficient (Wildman–Crippen LogP) is 4.87. The number of carbonyl (C=O) groups excluding carboxylic acids is 1. The standard InChI is InChI=1S/C15H13Br2NO2S/c1-20-15(19)9-2-3-10(12(16)6-9)8-21-14-5-4-11(18)7-13(14)17/h2-7H,8,18H2,1H3. The molecule has 0 aromatic heterocycles. The van der Waals surface area contributed by atoms with Gasteiger partial charge < -0.3 is 10.5 Å². The van der Waals surface area contributed by atoms with E-state index < -0.39 is 0 Å². The van der Waals surface area contributed by atoms with Gasteiger partial charge in [0.15, 0.2) is 0 Å². The Labute approximate surface area is 144 Å². The lowest BCUT2D eigenvalue weighted by atomic mass is 10.1. The second-order valence-corrected chi connectivity index (χ2v) is 7.00. The van der Waals surface area contributed by atoms with Crippen LogP contribution < -0.4 is 5.73 Å². The molecule has 2 N–H and O–H groups in total. The third-order valence-electron chi connectivity index (χ3n) is 2.81. The van der Waals surface area contributed by atoms with Gasteiger partial charge in [-0.2, -0.15) is 0 Å². The van der Waals surface area contributed by atoms with Crippen LogP contribution in [0.4, 0.5) is 5.69 Å². The molecule has 21 heavy (non-hydrogen) atoms. The topological polar surface area (TPSA) is 52.3 Å². The van der Waals surface area contributed by atoms with Crippen LogP contribution in [0.5, 0.6) is 0 Å². The second kappa shape index (κ2) is 7.33. The van der Waals surface area contributed by atoms with Crippen LogP contribution in [0.1, 0.15) is 15.9 Å². The lowest BCUT2D eigenvalue weighted by Crippen LogP contribution is -2.01. The molecule has 0 saturated carbocycles. The Morgan fingerprint density at radius 1 is 1.19 bits per heavy atom. The number of esters is 1. The number of benzene rings is 2. The zero-order valence-corrected chi connectivity index (χ0v) is 15.2. The number of halogens is 2. The monoisotopic (exact) mass is 429 g/mol. The molecule has 0 amide bonds. The molecule has 2 aromatic carbocycles. The number of carbonyl (C=O) groups is 1. The summed E-state index contributed by atoms with van der Waals surface area (Å²) in [5, 5.41) is 0. The van der Waals surface area contributed by atoms with Gasteiger partial charge in [0, 0.05) is 25.3 Å². The normalized spacial score (nSPS) is 10.4. The summed E-state index contributed by atoms with van der Waals surface area (Å²) >= 11 is 8.70. The first-order valence-corrected chi connectivity index (χ1v) is 8.63. The van der Waals surface area contributed by atoms with Gasteiger partial charge in [-0.25, -0.2) is 4.79 Å². The first-order chi connectivity index (χ1) is 10.0. The highest BCUT2D eigenvalue weighted by molar-refractivity contribution is 9.10. The zero-order valence-electron chi connectivity index (χ0n) is 11.2. The Bertz CT molecular complexity index is 677. The van der Waals surface area contributed by atoms with E-state index in [9.17, 15) is 4.79 Å². The van der Waals surface area contributed by atoms with Crippen molar-refractivity contribution in [1.82, 2.24) is 0 Å². The minimum absolute atomic E-state index is 0.337. The molecule has 0 atom stereocenters. The Morgan fingerprint density at radius 3 is 2.57 bits per heavy atom. The Morgan fingerprint density at radius 2 is 1.95 bits per heavy atom. The van der Waals surface area contributed by atoms with E-state index >= 15 is 0 Å². The minimum atomic E-state index is -0.337. The van der Waals surface area contributed by atoms with Crippen molar-refractivity contribution in [2.45, 2.75) is 10.6 Å². The van der Waals surface area contributed by atoms with Gasteiger partial charge in [0.25, 0.3) is 0 Å². The maximum atomic E-state index is 11.5. The molecule has 0 heterocycles. The number of methoxy groups -OCH3 is 1. The highest BCUT2D eigenvalue weighted by Gasteiger charge is 2.09. The third kappa shape index (κ3) is 4.25. The first kappa shape index (κ1) is 16.4. The third-order valence-corrected chi connectivity index (χ3v) is 5.59. The highest BCUT2D eigenvalue weighted by atomic mass is 79.9. The summed E-state index contributed by atoms with van der Waals surface area (Å²) in [6.07, 6.45) is 0. The maximum Gasteiger partial charge on any atom is 0.337 e. The van der Waals surface area contributed by atoms with E-state index in [0.717, 1.165) is 30.8 Å². The molecule has 0 aliphatic rings. The minimum Gasteiger partial charge on any atom is -0.465 e. The average molecular weight is 431 g/mol. The van der Waals surface area contributed by atoms with E-state index in [1.54, 1.807) is 23.9 Å². The van der Waals surface area contributed by atoms with Crippen molar-refractivity contribution in [3.8, 4) is 0 Å². The van der Waals surface area contributed by atoms with Crippen LogP contribution in [-0.2, 0) is 10.5 Å². The first-order valence-electron chi connectivity index (χ1n) is 6.06. The molecule has 0 saturated heterocycles. The Balaban J connectivity index is 2.11. The lowest BCUT2D eigenvalue weighted by Gasteiger charge is -2.08. The molecule has 0 aliphatic heterocycles. The van der Waals surface area contributed by atoms with E-state index in [1.165, 1.54) is 7.11 Å². The number of nitrogens with two attached hydrogens (primary N) is 1. The SMILES string of the molecule is COC(=O)c1ccc(CSc2ccc(N)cc2Br)c(Br)c1. The summed E-state index contributed by atoms with van der Waals surface area (Å²) in [6, 6.07) is 11.2.